The highest BCUT2D eigenvalue weighted by Crippen LogP contribution is 2.19. The average Bonchev–Trinajstić information content (AvgIpc) is 2.43. The third-order valence-electron chi connectivity index (χ3n) is 2.64. The molecule has 1 aromatic rings. The van der Waals surface area contributed by atoms with Crippen LogP contribution in [0.15, 0.2) is 18.2 Å². The summed E-state index contributed by atoms with van der Waals surface area (Å²) in [5.41, 5.74) is 0.531. The summed E-state index contributed by atoms with van der Waals surface area (Å²) in [6.45, 7) is 4.23. The zero-order valence-electron chi connectivity index (χ0n) is 11.4. The molecule has 0 heterocycles. The van der Waals surface area contributed by atoms with Crippen LogP contribution in [-0.2, 0) is 11.2 Å². The quantitative estimate of drug-likeness (QED) is 0.745. The number of rotatable bonds is 8. The van der Waals surface area contributed by atoms with E-state index >= 15 is 0 Å². The average molecular weight is 285 g/mol. The molecule has 3 nitrogen and oxygen atoms in total. The van der Waals surface area contributed by atoms with Crippen molar-refractivity contribution in [1.82, 2.24) is 5.32 Å². The lowest BCUT2D eigenvalue weighted by atomic mass is 10.1. The van der Waals surface area contributed by atoms with E-state index < -0.39 is 0 Å². The largest absolute Gasteiger partial charge is 0.492 e. The fourth-order valence-electron chi connectivity index (χ4n) is 1.59. The maximum atomic E-state index is 13.6. The third-order valence-corrected chi connectivity index (χ3v) is 3.30. The molecule has 0 aliphatic carbocycles. The standard InChI is InChI=1S/C14H20FNO2S/c1-3-16-8-9-18-12-5-6-13(15)11(10-12)4-7-14(17)19-2/h5-6,10,16H,3-4,7-9H2,1-2H3. The number of ether oxygens (including phenoxy) is 1. The van der Waals surface area contributed by atoms with Crippen LogP contribution >= 0.6 is 11.8 Å². The first-order valence-electron chi connectivity index (χ1n) is 6.36. The number of thioether (sulfide) groups is 1. The van der Waals surface area contributed by atoms with E-state index in [1.165, 1.54) is 17.8 Å². The van der Waals surface area contributed by atoms with Crippen LogP contribution in [0.5, 0.6) is 5.75 Å². The Balaban J connectivity index is 2.53. The number of hydrogen-bond acceptors (Lipinski definition) is 4. The highest BCUT2D eigenvalue weighted by atomic mass is 32.2. The summed E-state index contributed by atoms with van der Waals surface area (Å²) in [6.07, 6.45) is 2.49. The van der Waals surface area contributed by atoms with E-state index in [1.54, 1.807) is 18.4 Å². The molecular formula is C14H20FNO2S. The lowest BCUT2D eigenvalue weighted by Gasteiger charge is -2.09. The van der Waals surface area contributed by atoms with Crippen molar-refractivity contribution in [2.75, 3.05) is 26.0 Å². The Kier molecular flexibility index (Phi) is 7.52. The lowest BCUT2D eigenvalue weighted by Crippen LogP contribution is -2.20. The summed E-state index contributed by atoms with van der Waals surface area (Å²) in [4.78, 5) is 11.2. The van der Waals surface area contributed by atoms with E-state index in [0.29, 0.717) is 30.8 Å². The molecule has 0 atom stereocenters. The number of hydrogen-bond donors (Lipinski definition) is 1. The predicted octanol–water partition coefficient (Wildman–Crippen LogP) is 2.64. The molecule has 106 valence electrons. The Morgan fingerprint density at radius 1 is 1.47 bits per heavy atom. The van der Waals surface area contributed by atoms with Crippen molar-refractivity contribution in [3.05, 3.63) is 29.6 Å². The summed E-state index contributed by atoms with van der Waals surface area (Å²) >= 11 is 1.17. The van der Waals surface area contributed by atoms with E-state index in [9.17, 15) is 9.18 Å². The van der Waals surface area contributed by atoms with Gasteiger partial charge in [0.1, 0.15) is 18.2 Å². The van der Waals surface area contributed by atoms with Gasteiger partial charge in [-0.25, -0.2) is 4.39 Å². The van der Waals surface area contributed by atoms with Crippen molar-refractivity contribution in [3.63, 3.8) is 0 Å². The van der Waals surface area contributed by atoms with Gasteiger partial charge in [0.2, 0.25) is 0 Å². The topological polar surface area (TPSA) is 38.3 Å². The zero-order chi connectivity index (χ0) is 14.1. The molecule has 0 amide bonds. The number of aryl methyl sites for hydroxylation is 1. The van der Waals surface area contributed by atoms with Gasteiger partial charge in [-0.05, 0) is 43.0 Å². The molecule has 0 aliphatic rings. The van der Waals surface area contributed by atoms with Gasteiger partial charge in [0.05, 0.1) is 0 Å². The SMILES string of the molecule is CCNCCOc1ccc(F)c(CCC(=O)SC)c1. The second-order valence-electron chi connectivity index (χ2n) is 4.03. The molecule has 5 heteroatoms. The third kappa shape index (κ3) is 6.07. The van der Waals surface area contributed by atoms with E-state index in [0.717, 1.165) is 13.1 Å². The molecule has 1 N–H and O–H groups in total. The highest BCUT2D eigenvalue weighted by molar-refractivity contribution is 8.13. The number of nitrogens with one attached hydrogen (secondary N) is 1. The molecule has 0 bridgehead atoms. The van der Waals surface area contributed by atoms with Gasteiger partial charge in [0.15, 0.2) is 5.12 Å². The molecule has 0 saturated heterocycles. The Hall–Kier alpha value is -1.07. The number of benzene rings is 1. The lowest BCUT2D eigenvalue weighted by molar-refractivity contribution is -0.110. The van der Waals surface area contributed by atoms with Gasteiger partial charge in [0.25, 0.3) is 0 Å². The second-order valence-corrected chi connectivity index (χ2v) is 4.89. The van der Waals surface area contributed by atoms with Crippen LogP contribution in [0.1, 0.15) is 18.9 Å². The normalized spacial score (nSPS) is 10.5. The smallest absolute Gasteiger partial charge is 0.189 e. The van der Waals surface area contributed by atoms with Crippen molar-refractivity contribution < 1.29 is 13.9 Å². The van der Waals surface area contributed by atoms with Crippen LogP contribution in [0.3, 0.4) is 0 Å². The van der Waals surface area contributed by atoms with Gasteiger partial charge in [0, 0.05) is 13.0 Å². The summed E-state index contributed by atoms with van der Waals surface area (Å²) in [6, 6.07) is 4.68. The molecule has 0 unspecified atom stereocenters. The van der Waals surface area contributed by atoms with E-state index in [4.69, 9.17) is 4.74 Å². The van der Waals surface area contributed by atoms with Crippen molar-refractivity contribution in [2.45, 2.75) is 19.8 Å². The van der Waals surface area contributed by atoms with Crippen LogP contribution < -0.4 is 10.1 Å². The Morgan fingerprint density at radius 2 is 2.26 bits per heavy atom. The van der Waals surface area contributed by atoms with E-state index in [1.807, 2.05) is 6.92 Å². The molecule has 0 radical (unpaired) electrons. The fraction of sp³-hybridized carbons (Fsp3) is 0.500. The van der Waals surface area contributed by atoms with Gasteiger partial charge < -0.3 is 10.1 Å². The minimum atomic E-state index is -0.284. The second kappa shape index (κ2) is 8.93. The summed E-state index contributed by atoms with van der Waals surface area (Å²) in [7, 11) is 0. The molecule has 1 aromatic carbocycles. The number of likely N-dealkylation sites (N-methyl/N-ethyl adjacent to an activating group) is 1. The number of carbonyl (C=O) groups is 1. The number of halogens is 1. The molecule has 0 saturated carbocycles. The van der Waals surface area contributed by atoms with Crippen LogP contribution in [0.2, 0.25) is 0 Å². The van der Waals surface area contributed by atoms with Gasteiger partial charge in [-0.1, -0.05) is 18.7 Å². The van der Waals surface area contributed by atoms with Crippen molar-refractivity contribution in [1.29, 1.82) is 0 Å². The minimum Gasteiger partial charge on any atom is -0.492 e. The van der Waals surface area contributed by atoms with Gasteiger partial charge in [-0.2, -0.15) is 0 Å². The van der Waals surface area contributed by atoms with Gasteiger partial charge in [-0.3, -0.25) is 4.79 Å². The monoisotopic (exact) mass is 285 g/mol. The van der Waals surface area contributed by atoms with Crippen LogP contribution in [0.4, 0.5) is 4.39 Å². The molecule has 0 fully saturated rings. The van der Waals surface area contributed by atoms with Crippen molar-refractivity contribution in [2.24, 2.45) is 0 Å². The summed E-state index contributed by atoms with van der Waals surface area (Å²) in [5, 5.41) is 3.21. The zero-order valence-corrected chi connectivity index (χ0v) is 12.2. The maximum absolute atomic E-state index is 13.6. The van der Waals surface area contributed by atoms with Gasteiger partial charge >= 0.3 is 0 Å². The van der Waals surface area contributed by atoms with Crippen LogP contribution in [0, 0.1) is 5.82 Å². The molecular weight excluding hydrogens is 265 g/mol. The van der Waals surface area contributed by atoms with Gasteiger partial charge in [-0.15, -0.1) is 0 Å². The van der Waals surface area contributed by atoms with Crippen molar-refractivity contribution >= 4 is 16.9 Å². The first-order valence-corrected chi connectivity index (χ1v) is 7.58. The van der Waals surface area contributed by atoms with E-state index in [2.05, 4.69) is 5.32 Å². The minimum absolute atomic E-state index is 0.0675. The first-order chi connectivity index (χ1) is 9.17. The molecule has 1 rings (SSSR count). The summed E-state index contributed by atoms with van der Waals surface area (Å²) < 4.78 is 19.1. The molecule has 0 aromatic heterocycles. The predicted molar refractivity (Wildman–Crippen MR) is 77.3 cm³/mol. The molecule has 19 heavy (non-hydrogen) atoms. The highest BCUT2D eigenvalue weighted by Gasteiger charge is 2.07. The van der Waals surface area contributed by atoms with E-state index in [-0.39, 0.29) is 10.9 Å². The first kappa shape index (κ1) is 16.0. The van der Waals surface area contributed by atoms with Crippen molar-refractivity contribution in [3.8, 4) is 5.75 Å². The number of carbonyl (C=O) groups excluding carboxylic acids is 1. The molecule has 0 aliphatic heterocycles. The summed E-state index contributed by atoms with van der Waals surface area (Å²) in [5.74, 6) is 0.360. The Morgan fingerprint density at radius 3 is 2.95 bits per heavy atom. The fourth-order valence-corrected chi connectivity index (χ4v) is 1.90. The van der Waals surface area contributed by atoms with Crippen LogP contribution in [-0.4, -0.2) is 31.1 Å². The maximum Gasteiger partial charge on any atom is 0.189 e. The Bertz CT molecular complexity index is 412. The van der Waals surface area contributed by atoms with Crippen LogP contribution in [0.25, 0.3) is 0 Å². The Labute approximate surface area is 117 Å². The molecule has 0 spiro atoms.